The second kappa shape index (κ2) is 14.9. The fourth-order valence-corrected chi connectivity index (χ4v) is 6.77. The van der Waals surface area contributed by atoms with Gasteiger partial charge in [0.2, 0.25) is 11.8 Å². The summed E-state index contributed by atoms with van der Waals surface area (Å²) in [5.41, 5.74) is 7.07. The minimum absolute atomic E-state index is 0.0711. The van der Waals surface area contributed by atoms with Gasteiger partial charge < -0.3 is 29.8 Å². The molecule has 3 N–H and O–H groups in total. The number of nitrogens with zero attached hydrogens (tertiary/aromatic N) is 4. The third kappa shape index (κ3) is 7.52. The Morgan fingerprint density at radius 3 is 2.10 bits per heavy atom. The van der Waals surface area contributed by atoms with E-state index in [2.05, 4.69) is 59.1 Å². The van der Waals surface area contributed by atoms with Crippen LogP contribution in [0.4, 0.5) is 4.79 Å². The van der Waals surface area contributed by atoms with Crippen LogP contribution in [0, 0.1) is 29.6 Å². The topological polar surface area (TPSA) is 136 Å². The number of hydrogen-bond donors (Lipinski definition) is 3. The number of fused-ring (bicyclic) bond motifs is 1. The normalized spacial score (nSPS) is 18.5. The molecule has 0 aliphatic carbocycles. The Kier molecular flexibility index (Phi) is 10.4. The van der Waals surface area contributed by atoms with Crippen LogP contribution < -0.4 is 5.32 Å². The van der Waals surface area contributed by atoms with Crippen molar-refractivity contribution < 1.29 is 19.1 Å². The number of imidazole rings is 2. The molecule has 0 spiro atoms. The fourth-order valence-electron chi connectivity index (χ4n) is 6.77. The number of likely N-dealkylation sites (tertiary alicyclic amines) is 2. The van der Waals surface area contributed by atoms with Crippen molar-refractivity contribution in [3.63, 3.8) is 0 Å². The van der Waals surface area contributed by atoms with Gasteiger partial charge in [-0.1, -0.05) is 82.9 Å². The molecule has 2 fully saturated rings. The molecule has 4 heterocycles. The number of rotatable bonds is 8. The number of carbonyl (C=O) groups excluding carboxylic acids is 3. The Balaban J connectivity index is 1.15. The van der Waals surface area contributed by atoms with Crippen LogP contribution >= 0.6 is 0 Å². The van der Waals surface area contributed by atoms with E-state index in [0.717, 1.165) is 50.4 Å². The van der Waals surface area contributed by atoms with Crippen LogP contribution in [-0.4, -0.2) is 73.9 Å². The number of carbonyl (C=O) groups is 3. The van der Waals surface area contributed by atoms with Gasteiger partial charge in [0, 0.05) is 30.1 Å². The standard InChI is InChI=1S/C41H47N7O4/c1-23(2)27(7)39(49)47-21-25(5)17-34(47)37-42-20-33(45-37)30-14-11-28(12-15-30)9-10-29-13-16-31-32(19-29)44-38(43-31)35-18-26(6)22-48(35)40(50)36(24(3)4)46-41(51)52-8/h11-16,19-20,23-24,27,34-36H,5-6,17-18,21-22H2,1-4,7-8H3,(H,42,45)(H,43,44)(H,46,51)/t27-,34-,35-,36-/m0/s1. The van der Waals surface area contributed by atoms with Gasteiger partial charge >= 0.3 is 6.09 Å². The molecule has 6 rings (SSSR count). The summed E-state index contributed by atoms with van der Waals surface area (Å²) in [4.78, 5) is 58.8. The van der Waals surface area contributed by atoms with Gasteiger partial charge in [-0.25, -0.2) is 14.8 Å². The molecule has 0 bridgehead atoms. The number of aromatic amines is 2. The Morgan fingerprint density at radius 2 is 1.46 bits per heavy atom. The van der Waals surface area contributed by atoms with Crippen molar-refractivity contribution in [1.82, 2.24) is 35.1 Å². The van der Waals surface area contributed by atoms with Crippen molar-refractivity contribution in [1.29, 1.82) is 0 Å². The summed E-state index contributed by atoms with van der Waals surface area (Å²) in [7, 11) is 1.28. The van der Waals surface area contributed by atoms with Crippen molar-refractivity contribution in [3.05, 3.63) is 95.7 Å². The molecule has 11 heteroatoms. The van der Waals surface area contributed by atoms with Crippen molar-refractivity contribution in [2.24, 2.45) is 17.8 Å². The quantitative estimate of drug-likeness (QED) is 0.139. The molecule has 2 aliphatic heterocycles. The molecule has 4 aromatic rings. The van der Waals surface area contributed by atoms with Crippen molar-refractivity contribution in [2.75, 3.05) is 20.2 Å². The van der Waals surface area contributed by atoms with Gasteiger partial charge in [0.15, 0.2) is 0 Å². The Labute approximate surface area is 304 Å². The number of ether oxygens (including phenoxy) is 1. The number of aromatic nitrogens is 4. The van der Waals surface area contributed by atoms with E-state index in [4.69, 9.17) is 9.72 Å². The Morgan fingerprint density at radius 1 is 0.846 bits per heavy atom. The lowest BCUT2D eigenvalue weighted by Gasteiger charge is -2.29. The first-order valence-electron chi connectivity index (χ1n) is 17.8. The third-order valence-electron chi connectivity index (χ3n) is 10.1. The van der Waals surface area contributed by atoms with Gasteiger partial charge in [-0.05, 0) is 60.6 Å². The largest absolute Gasteiger partial charge is 0.453 e. The van der Waals surface area contributed by atoms with Gasteiger partial charge in [-0.2, -0.15) is 0 Å². The van der Waals surface area contributed by atoms with Gasteiger partial charge in [0.1, 0.15) is 17.7 Å². The first kappa shape index (κ1) is 36.2. The summed E-state index contributed by atoms with van der Waals surface area (Å²) in [5.74, 6) is 7.92. The van der Waals surface area contributed by atoms with Crippen LogP contribution in [0.15, 0.2) is 73.0 Å². The van der Waals surface area contributed by atoms with Crippen LogP contribution in [0.25, 0.3) is 22.3 Å². The average Bonchev–Trinajstić information content (AvgIpc) is 3.94. The van der Waals surface area contributed by atoms with Gasteiger partial charge in [0.05, 0.1) is 42.1 Å². The maximum atomic E-state index is 13.6. The zero-order valence-electron chi connectivity index (χ0n) is 30.7. The lowest BCUT2D eigenvalue weighted by molar-refractivity contribution is -0.137. The predicted molar refractivity (Wildman–Crippen MR) is 201 cm³/mol. The zero-order valence-corrected chi connectivity index (χ0v) is 30.7. The molecule has 52 heavy (non-hydrogen) atoms. The molecule has 0 radical (unpaired) electrons. The highest BCUT2D eigenvalue weighted by atomic mass is 16.5. The summed E-state index contributed by atoms with van der Waals surface area (Å²) >= 11 is 0. The Hall–Kier alpha value is -5.63. The highest BCUT2D eigenvalue weighted by Crippen LogP contribution is 2.37. The van der Waals surface area contributed by atoms with Crippen molar-refractivity contribution in [3.8, 4) is 23.1 Å². The highest BCUT2D eigenvalue weighted by molar-refractivity contribution is 5.87. The molecule has 2 aromatic heterocycles. The van der Waals surface area contributed by atoms with E-state index in [1.54, 1.807) is 4.90 Å². The smallest absolute Gasteiger partial charge is 0.407 e. The fraction of sp³-hybridized carbons (Fsp3) is 0.390. The SMILES string of the molecule is C=C1C[C@@H](c2ncc(-c3ccc(C#Cc4ccc5nc([C@@H]6CC(=C)CN6C(=O)[C@@H](NC(=O)OC)C(C)C)[nH]c5c4)cc3)[nH]2)N(C(=O)[C@@H](C)C(C)C)C1. The maximum Gasteiger partial charge on any atom is 0.407 e. The second-order valence-electron chi connectivity index (χ2n) is 14.6. The minimum Gasteiger partial charge on any atom is -0.453 e. The number of H-pyrrole nitrogens is 2. The van der Waals surface area contributed by atoms with Gasteiger partial charge in [-0.15, -0.1) is 0 Å². The number of alkyl carbamates (subject to hydrolysis) is 1. The van der Waals surface area contributed by atoms with E-state index in [-0.39, 0.29) is 41.7 Å². The number of amides is 3. The van der Waals surface area contributed by atoms with Crippen molar-refractivity contribution >= 4 is 28.9 Å². The molecule has 11 nitrogen and oxygen atoms in total. The lowest BCUT2D eigenvalue weighted by Crippen LogP contribution is -2.51. The van der Waals surface area contributed by atoms with Crippen LogP contribution in [0.1, 0.15) is 82.3 Å². The molecule has 270 valence electrons. The summed E-state index contributed by atoms with van der Waals surface area (Å²) in [5, 5.41) is 2.68. The van der Waals surface area contributed by atoms with E-state index >= 15 is 0 Å². The van der Waals surface area contributed by atoms with E-state index in [1.807, 2.05) is 74.3 Å². The van der Waals surface area contributed by atoms with Crippen LogP contribution in [0.5, 0.6) is 0 Å². The molecular weight excluding hydrogens is 654 g/mol. The van der Waals surface area contributed by atoms with Crippen molar-refractivity contribution in [2.45, 2.75) is 65.6 Å². The molecule has 0 saturated carbocycles. The van der Waals surface area contributed by atoms with Gasteiger partial charge in [0.25, 0.3) is 0 Å². The lowest BCUT2D eigenvalue weighted by atomic mass is 9.96. The van der Waals surface area contributed by atoms with Crippen LogP contribution in [-0.2, 0) is 14.3 Å². The molecule has 0 unspecified atom stereocenters. The maximum absolute atomic E-state index is 13.6. The van der Waals surface area contributed by atoms with E-state index in [0.29, 0.717) is 31.8 Å². The predicted octanol–water partition coefficient (Wildman–Crippen LogP) is 6.68. The average molecular weight is 702 g/mol. The number of hydrogen-bond acceptors (Lipinski definition) is 6. The minimum atomic E-state index is -0.739. The first-order valence-corrected chi connectivity index (χ1v) is 17.8. The zero-order chi connectivity index (χ0) is 37.3. The molecule has 3 amide bonds. The number of benzene rings is 2. The second-order valence-corrected chi connectivity index (χ2v) is 14.6. The third-order valence-corrected chi connectivity index (χ3v) is 10.1. The molecule has 4 atom stereocenters. The molecule has 2 saturated heterocycles. The van der Waals surface area contributed by atoms with Gasteiger partial charge in [-0.3, -0.25) is 9.59 Å². The summed E-state index contributed by atoms with van der Waals surface area (Å²) in [6.07, 6.45) is 2.44. The molecular formula is C41H47N7O4. The monoisotopic (exact) mass is 701 g/mol. The number of nitrogens with one attached hydrogen (secondary N) is 3. The summed E-state index contributed by atoms with van der Waals surface area (Å²) in [6, 6.07) is 12.6. The van der Waals surface area contributed by atoms with Crippen LogP contribution in [0.3, 0.4) is 0 Å². The number of methoxy groups -OCH3 is 1. The molecule has 2 aromatic carbocycles. The van der Waals surface area contributed by atoms with E-state index < -0.39 is 12.1 Å². The summed E-state index contributed by atoms with van der Waals surface area (Å²) in [6.45, 7) is 19.1. The summed E-state index contributed by atoms with van der Waals surface area (Å²) < 4.78 is 4.75. The van der Waals surface area contributed by atoms with E-state index in [9.17, 15) is 14.4 Å². The molecule has 2 aliphatic rings. The van der Waals surface area contributed by atoms with E-state index in [1.165, 1.54) is 7.11 Å². The highest BCUT2D eigenvalue weighted by Gasteiger charge is 2.39. The Bertz CT molecular complexity index is 2080. The van der Waals surface area contributed by atoms with Crippen LogP contribution in [0.2, 0.25) is 0 Å². The first-order chi connectivity index (χ1) is 24.8.